The van der Waals surface area contributed by atoms with E-state index in [-0.39, 0.29) is 5.91 Å². The van der Waals surface area contributed by atoms with Crippen LogP contribution in [0.2, 0.25) is 0 Å². The van der Waals surface area contributed by atoms with Gasteiger partial charge in [-0.05, 0) is 30.5 Å². The number of hydrogen-bond acceptors (Lipinski definition) is 3. The number of amides is 1. The van der Waals surface area contributed by atoms with Crippen LogP contribution in [-0.4, -0.2) is 25.6 Å². The predicted molar refractivity (Wildman–Crippen MR) is 66.8 cm³/mol. The van der Waals surface area contributed by atoms with E-state index in [0.717, 1.165) is 24.1 Å². The van der Waals surface area contributed by atoms with Crippen molar-refractivity contribution in [1.82, 2.24) is 5.32 Å². The zero-order valence-electron chi connectivity index (χ0n) is 10.0. The van der Waals surface area contributed by atoms with E-state index in [2.05, 4.69) is 10.6 Å². The molecular formula is C13H18N2O2. The molecule has 1 saturated carbocycles. The fourth-order valence-corrected chi connectivity index (χ4v) is 1.63. The van der Waals surface area contributed by atoms with Crippen molar-refractivity contribution < 1.29 is 9.53 Å². The lowest BCUT2D eigenvalue weighted by atomic mass is 10.2. The van der Waals surface area contributed by atoms with E-state index in [9.17, 15) is 4.79 Å². The molecule has 1 aromatic carbocycles. The van der Waals surface area contributed by atoms with Gasteiger partial charge in [-0.2, -0.15) is 0 Å². The highest BCUT2D eigenvalue weighted by atomic mass is 16.5. The van der Waals surface area contributed by atoms with Crippen LogP contribution in [0.25, 0.3) is 0 Å². The van der Waals surface area contributed by atoms with E-state index >= 15 is 0 Å². The van der Waals surface area contributed by atoms with Gasteiger partial charge in [-0.25, -0.2) is 0 Å². The Hall–Kier alpha value is -1.55. The average molecular weight is 234 g/mol. The van der Waals surface area contributed by atoms with Crippen molar-refractivity contribution in [3.63, 3.8) is 0 Å². The van der Waals surface area contributed by atoms with E-state index < -0.39 is 0 Å². The highest BCUT2D eigenvalue weighted by molar-refractivity contribution is 5.81. The Bertz CT molecular complexity index is 389. The molecule has 0 aromatic heterocycles. The van der Waals surface area contributed by atoms with Crippen LogP contribution in [0.5, 0.6) is 0 Å². The van der Waals surface area contributed by atoms with Crippen LogP contribution in [0, 0.1) is 0 Å². The Morgan fingerprint density at radius 1 is 1.47 bits per heavy atom. The number of methoxy groups -OCH3 is 1. The summed E-state index contributed by atoms with van der Waals surface area (Å²) in [5, 5.41) is 6.05. The minimum Gasteiger partial charge on any atom is -0.380 e. The number of ether oxygens (including phenoxy) is 1. The highest BCUT2D eigenvalue weighted by Crippen LogP contribution is 2.18. The second-order valence-electron chi connectivity index (χ2n) is 4.33. The second kappa shape index (κ2) is 5.68. The molecule has 0 bridgehead atoms. The topological polar surface area (TPSA) is 50.4 Å². The molecule has 0 heterocycles. The monoisotopic (exact) mass is 234 g/mol. The standard InChI is InChI=1S/C13H18N2O2/c1-17-9-10-3-2-4-12(7-10)14-8-13(16)15-11-5-6-11/h2-4,7,11,14H,5-6,8-9H2,1H3,(H,15,16). The van der Waals surface area contributed by atoms with Gasteiger partial charge >= 0.3 is 0 Å². The summed E-state index contributed by atoms with van der Waals surface area (Å²) in [6.07, 6.45) is 2.24. The molecule has 0 unspecified atom stereocenters. The van der Waals surface area contributed by atoms with E-state index in [4.69, 9.17) is 4.74 Å². The summed E-state index contributed by atoms with van der Waals surface area (Å²) in [5.74, 6) is 0.0599. The molecule has 1 aromatic rings. The van der Waals surface area contributed by atoms with Crippen LogP contribution in [0.1, 0.15) is 18.4 Å². The van der Waals surface area contributed by atoms with Crippen molar-refractivity contribution in [2.75, 3.05) is 19.0 Å². The molecule has 0 aliphatic heterocycles. The predicted octanol–water partition coefficient (Wildman–Crippen LogP) is 1.52. The molecule has 1 fully saturated rings. The van der Waals surface area contributed by atoms with Gasteiger partial charge in [0.05, 0.1) is 13.2 Å². The number of anilines is 1. The van der Waals surface area contributed by atoms with Crippen LogP contribution in [0.15, 0.2) is 24.3 Å². The van der Waals surface area contributed by atoms with Crippen LogP contribution in [0.4, 0.5) is 5.69 Å². The first-order chi connectivity index (χ1) is 8.28. The van der Waals surface area contributed by atoms with E-state index in [1.807, 2.05) is 24.3 Å². The quantitative estimate of drug-likeness (QED) is 0.784. The van der Waals surface area contributed by atoms with Gasteiger partial charge in [-0.15, -0.1) is 0 Å². The van der Waals surface area contributed by atoms with Crippen molar-refractivity contribution in [2.24, 2.45) is 0 Å². The molecule has 1 amide bonds. The third-order valence-electron chi connectivity index (χ3n) is 2.63. The molecule has 1 aliphatic carbocycles. The molecule has 1 aliphatic rings. The molecule has 92 valence electrons. The van der Waals surface area contributed by atoms with E-state index in [0.29, 0.717) is 19.2 Å². The smallest absolute Gasteiger partial charge is 0.239 e. The summed E-state index contributed by atoms with van der Waals surface area (Å²) >= 11 is 0. The van der Waals surface area contributed by atoms with Crippen LogP contribution < -0.4 is 10.6 Å². The van der Waals surface area contributed by atoms with Crippen molar-refractivity contribution in [1.29, 1.82) is 0 Å². The summed E-state index contributed by atoms with van der Waals surface area (Å²) in [6.45, 7) is 0.913. The number of benzene rings is 1. The lowest BCUT2D eigenvalue weighted by molar-refractivity contribution is -0.119. The molecule has 17 heavy (non-hydrogen) atoms. The van der Waals surface area contributed by atoms with E-state index in [1.54, 1.807) is 7.11 Å². The first-order valence-electron chi connectivity index (χ1n) is 5.89. The number of carbonyl (C=O) groups excluding carboxylic acids is 1. The normalized spacial score (nSPS) is 14.4. The zero-order chi connectivity index (χ0) is 12.1. The summed E-state index contributed by atoms with van der Waals surface area (Å²) in [6, 6.07) is 8.32. The molecule has 0 spiro atoms. The maximum atomic E-state index is 11.5. The van der Waals surface area contributed by atoms with Crippen LogP contribution >= 0.6 is 0 Å². The minimum atomic E-state index is 0.0599. The molecule has 0 saturated heterocycles. The van der Waals surface area contributed by atoms with Crippen molar-refractivity contribution >= 4 is 11.6 Å². The Morgan fingerprint density at radius 2 is 2.29 bits per heavy atom. The van der Waals surface area contributed by atoms with Crippen molar-refractivity contribution in [2.45, 2.75) is 25.5 Å². The number of rotatable bonds is 6. The Labute approximate surface area is 101 Å². The molecular weight excluding hydrogens is 216 g/mol. The Kier molecular flexibility index (Phi) is 3.98. The summed E-state index contributed by atoms with van der Waals surface area (Å²) in [5.41, 5.74) is 2.05. The summed E-state index contributed by atoms with van der Waals surface area (Å²) < 4.78 is 5.06. The summed E-state index contributed by atoms with van der Waals surface area (Å²) in [4.78, 5) is 11.5. The first kappa shape index (κ1) is 11.9. The van der Waals surface area contributed by atoms with Gasteiger partial charge in [0.25, 0.3) is 0 Å². The molecule has 0 atom stereocenters. The zero-order valence-corrected chi connectivity index (χ0v) is 10.0. The van der Waals surface area contributed by atoms with Gasteiger partial charge in [0.1, 0.15) is 0 Å². The lowest BCUT2D eigenvalue weighted by Gasteiger charge is -2.08. The van der Waals surface area contributed by atoms with Crippen molar-refractivity contribution in [3.8, 4) is 0 Å². The fourth-order valence-electron chi connectivity index (χ4n) is 1.63. The van der Waals surface area contributed by atoms with E-state index in [1.165, 1.54) is 0 Å². The molecule has 2 rings (SSSR count). The molecule has 4 nitrogen and oxygen atoms in total. The van der Waals surface area contributed by atoms with Crippen LogP contribution in [-0.2, 0) is 16.1 Å². The molecule has 2 N–H and O–H groups in total. The van der Waals surface area contributed by atoms with Crippen LogP contribution in [0.3, 0.4) is 0 Å². The maximum absolute atomic E-state index is 11.5. The Morgan fingerprint density at radius 3 is 3.00 bits per heavy atom. The van der Waals surface area contributed by atoms with Gasteiger partial charge in [-0.3, -0.25) is 4.79 Å². The molecule has 4 heteroatoms. The average Bonchev–Trinajstić information content (AvgIpc) is 3.11. The Balaban J connectivity index is 1.80. The number of nitrogens with one attached hydrogen (secondary N) is 2. The number of carbonyl (C=O) groups is 1. The SMILES string of the molecule is COCc1cccc(NCC(=O)NC2CC2)c1. The van der Waals surface area contributed by atoms with Gasteiger partial charge in [0.2, 0.25) is 5.91 Å². The minimum absolute atomic E-state index is 0.0599. The lowest BCUT2D eigenvalue weighted by Crippen LogP contribution is -2.31. The van der Waals surface area contributed by atoms with Crippen molar-refractivity contribution in [3.05, 3.63) is 29.8 Å². The van der Waals surface area contributed by atoms with Gasteiger partial charge in [-0.1, -0.05) is 12.1 Å². The summed E-state index contributed by atoms with van der Waals surface area (Å²) in [7, 11) is 1.67. The third kappa shape index (κ3) is 4.07. The third-order valence-corrected chi connectivity index (χ3v) is 2.63. The first-order valence-corrected chi connectivity index (χ1v) is 5.89. The highest BCUT2D eigenvalue weighted by Gasteiger charge is 2.22. The fraction of sp³-hybridized carbons (Fsp3) is 0.462. The number of hydrogen-bond donors (Lipinski definition) is 2. The maximum Gasteiger partial charge on any atom is 0.239 e. The molecule has 0 radical (unpaired) electrons. The van der Waals surface area contributed by atoms with Gasteiger partial charge in [0, 0.05) is 18.8 Å². The van der Waals surface area contributed by atoms with Gasteiger partial charge in [0.15, 0.2) is 0 Å². The van der Waals surface area contributed by atoms with Gasteiger partial charge < -0.3 is 15.4 Å². The second-order valence-corrected chi connectivity index (χ2v) is 4.33. The largest absolute Gasteiger partial charge is 0.380 e.